The highest BCUT2D eigenvalue weighted by Gasteiger charge is 2.21. The van der Waals surface area contributed by atoms with Crippen LogP contribution in [-0.2, 0) is 0 Å². The van der Waals surface area contributed by atoms with Crippen molar-refractivity contribution in [2.75, 3.05) is 17.3 Å². The number of thioether (sulfide) groups is 1. The zero-order valence-electron chi connectivity index (χ0n) is 9.52. The van der Waals surface area contributed by atoms with Crippen LogP contribution in [0.15, 0.2) is 12.4 Å². The molecule has 2 atom stereocenters. The van der Waals surface area contributed by atoms with Crippen LogP contribution in [0.2, 0.25) is 0 Å². The lowest BCUT2D eigenvalue weighted by atomic mass is 9.95. The van der Waals surface area contributed by atoms with Crippen molar-refractivity contribution < 1.29 is 0 Å². The minimum Gasteiger partial charge on any atom is -0.382 e. The molecule has 16 heavy (non-hydrogen) atoms. The van der Waals surface area contributed by atoms with E-state index in [1.165, 1.54) is 25.7 Å². The molecule has 5 heteroatoms. The lowest BCUT2D eigenvalue weighted by Gasteiger charge is -2.28. The third kappa shape index (κ3) is 3.01. The highest BCUT2D eigenvalue weighted by molar-refractivity contribution is 7.99. The van der Waals surface area contributed by atoms with Crippen LogP contribution in [0.25, 0.3) is 0 Å². The second-order valence-corrected chi connectivity index (χ2v) is 5.33. The maximum atomic E-state index is 5.50. The van der Waals surface area contributed by atoms with Gasteiger partial charge in [0, 0.05) is 11.3 Å². The molecule has 1 heterocycles. The maximum Gasteiger partial charge on any atom is 0.144 e. The van der Waals surface area contributed by atoms with E-state index in [4.69, 9.17) is 5.73 Å². The van der Waals surface area contributed by atoms with Gasteiger partial charge in [0.1, 0.15) is 11.6 Å². The number of nitrogens with one attached hydrogen (secondary N) is 1. The third-order valence-corrected chi connectivity index (χ3v) is 4.08. The SMILES string of the molecule is CSC1CCCC(Nc2cnc(N)cn2)C1. The normalized spacial score (nSPS) is 25.3. The molecule has 0 saturated heterocycles. The van der Waals surface area contributed by atoms with E-state index >= 15 is 0 Å². The Morgan fingerprint density at radius 1 is 1.38 bits per heavy atom. The molecule has 0 bridgehead atoms. The molecule has 0 aliphatic heterocycles. The molecule has 1 aliphatic rings. The summed E-state index contributed by atoms with van der Waals surface area (Å²) in [5.41, 5.74) is 5.50. The van der Waals surface area contributed by atoms with Gasteiger partial charge in [0.05, 0.1) is 12.4 Å². The van der Waals surface area contributed by atoms with E-state index < -0.39 is 0 Å². The predicted octanol–water partition coefficient (Wildman–Crippen LogP) is 2.14. The average Bonchev–Trinajstić information content (AvgIpc) is 2.32. The molecule has 2 unspecified atom stereocenters. The monoisotopic (exact) mass is 238 g/mol. The highest BCUT2D eigenvalue weighted by Crippen LogP contribution is 2.28. The molecule has 1 aliphatic carbocycles. The third-order valence-electron chi connectivity index (χ3n) is 2.98. The van der Waals surface area contributed by atoms with Gasteiger partial charge in [-0.1, -0.05) is 6.42 Å². The lowest BCUT2D eigenvalue weighted by molar-refractivity contribution is 0.472. The summed E-state index contributed by atoms with van der Waals surface area (Å²) in [7, 11) is 0. The quantitative estimate of drug-likeness (QED) is 0.844. The minimum absolute atomic E-state index is 0.469. The first-order chi connectivity index (χ1) is 7.78. The van der Waals surface area contributed by atoms with E-state index in [-0.39, 0.29) is 0 Å². The van der Waals surface area contributed by atoms with E-state index in [0.29, 0.717) is 11.9 Å². The summed E-state index contributed by atoms with van der Waals surface area (Å²) < 4.78 is 0. The number of rotatable bonds is 3. The van der Waals surface area contributed by atoms with Crippen molar-refractivity contribution in [3.63, 3.8) is 0 Å². The fourth-order valence-electron chi connectivity index (χ4n) is 2.11. The van der Waals surface area contributed by atoms with Crippen molar-refractivity contribution in [2.45, 2.75) is 37.0 Å². The molecule has 88 valence electrons. The molecule has 1 aromatic rings. The number of anilines is 2. The standard InChI is InChI=1S/C11H18N4S/c1-16-9-4-2-3-8(5-9)15-11-7-13-10(12)6-14-11/h6-9H,2-5H2,1H3,(H2,12,13)(H,14,15). The molecule has 0 aromatic carbocycles. The number of nitrogens with two attached hydrogens (primary N) is 1. The summed E-state index contributed by atoms with van der Waals surface area (Å²) in [5.74, 6) is 1.30. The first kappa shape index (κ1) is 11.5. The first-order valence-electron chi connectivity index (χ1n) is 5.65. The largest absolute Gasteiger partial charge is 0.382 e. The molecule has 1 saturated carbocycles. The van der Waals surface area contributed by atoms with E-state index in [1.807, 2.05) is 11.8 Å². The van der Waals surface area contributed by atoms with Gasteiger partial charge >= 0.3 is 0 Å². The molecule has 3 N–H and O–H groups in total. The van der Waals surface area contributed by atoms with Crippen molar-refractivity contribution in [3.8, 4) is 0 Å². The Morgan fingerprint density at radius 3 is 2.94 bits per heavy atom. The Hall–Kier alpha value is -0.970. The maximum absolute atomic E-state index is 5.50. The topological polar surface area (TPSA) is 63.8 Å². The zero-order chi connectivity index (χ0) is 11.4. The van der Waals surface area contributed by atoms with Crippen LogP contribution in [0.1, 0.15) is 25.7 Å². The average molecular weight is 238 g/mol. The number of hydrogen-bond donors (Lipinski definition) is 2. The summed E-state index contributed by atoms with van der Waals surface area (Å²) in [5, 5.41) is 4.22. The van der Waals surface area contributed by atoms with E-state index in [9.17, 15) is 0 Å². The van der Waals surface area contributed by atoms with E-state index in [1.54, 1.807) is 12.4 Å². The van der Waals surface area contributed by atoms with Crippen LogP contribution in [-0.4, -0.2) is 27.5 Å². The molecular weight excluding hydrogens is 220 g/mol. The molecule has 2 rings (SSSR count). The van der Waals surface area contributed by atoms with Crippen molar-refractivity contribution in [1.82, 2.24) is 9.97 Å². The second-order valence-electron chi connectivity index (χ2n) is 4.19. The zero-order valence-corrected chi connectivity index (χ0v) is 10.3. The van der Waals surface area contributed by atoms with Crippen LogP contribution >= 0.6 is 11.8 Å². The summed E-state index contributed by atoms with van der Waals surface area (Å²) in [6, 6.07) is 0.532. The summed E-state index contributed by atoms with van der Waals surface area (Å²) in [6.07, 6.45) is 10.6. The fraction of sp³-hybridized carbons (Fsp3) is 0.636. The number of nitrogens with zero attached hydrogens (tertiary/aromatic N) is 2. The first-order valence-corrected chi connectivity index (χ1v) is 6.93. The predicted molar refractivity (Wildman–Crippen MR) is 69.6 cm³/mol. The molecule has 4 nitrogen and oxygen atoms in total. The van der Waals surface area contributed by atoms with Gasteiger partial charge < -0.3 is 11.1 Å². The summed E-state index contributed by atoms with van der Waals surface area (Å²) in [4.78, 5) is 8.25. The fourth-order valence-corrected chi connectivity index (χ4v) is 2.94. The van der Waals surface area contributed by atoms with Crippen LogP contribution < -0.4 is 11.1 Å². The van der Waals surface area contributed by atoms with Gasteiger partial charge in [0.25, 0.3) is 0 Å². The molecule has 1 fully saturated rings. The smallest absolute Gasteiger partial charge is 0.144 e. The van der Waals surface area contributed by atoms with Crippen molar-refractivity contribution in [1.29, 1.82) is 0 Å². The van der Waals surface area contributed by atoms with Crippen molar-refractivity contribution in [2.24, 2.45) is 0 Å². The number of aromatic nitrogens is 2. The Bertz CT molecular complexity index is 327. The number of nitrogen functional groups attached to an aromatic ring is 1. The summed E-state index contributed by atoms with van der Waals surface area (Å²) in [6.45, 7) is 0. The van der Waals surface area contributed by atoms with E-state index in [0.717, 1.165) is 11.1 Å². The molecule has 1 aromatic heterocycles. The molecule has 0 amide bonds. The Balaban J connectivity index is 1.91. The van der Waals surface area contributed by atoms with Crippen LogP contribution in [0.5, 0.6) is 0 Å². The Morgan fingerprint density at radius 2 is 2.25 bits per heavy atom. The van der Waals surface area contributed by atoms with Gasteiger partial charge in [0.15, 0.2) is 0 Å². The molecular formula is C11H18N4S. The Kier molecular flexibility index (Phi) is 3.88. The Labute approximate surface area is 100 Å². The van der Waals surface area contributed by atoms with Crippen molar-refractivity contribution >= 4 is 23.4 Å². The van der Waals surface area contributed by atoms with Crippen LogP contribution in [0.3, 0.4) is 0 Å². The van der Waals surface area contributed by atoms with Crippen LogP contribution in [0.4, 0.5) is 11.6 Å². The van der Waals surface area contributed by atoms with E-state index in [2.05, 4.69) is 21.5 Å². The lowest BCUT2D eigenvalue weighted by Crippen LogP contribution is -2.28. The van der Waals surface area contributed by atoms with Crippen molar-refractivity contribution in [3.05, 3.63) is 12.4 Å². The highest BCUT2D eigenvalue weighted by atomic mass is 32.2. The van der Waals surface area contributed by atoms with Gasteiger partial charge in [0.2, 0.25) is 0 Å². The van der Waals surface area contributed by atoms with Gasteiger partial charge in [-0.15, -0.1) is 0 Å². The van der Waals surface area contributed by atoms with Gasteiger partial charge in [-0.25, -0.2) is 9.97 Å². The van der Waals surface area contributed by atoms with Gasteiger partial charge in [-0.05, 0) is 25.5 Å². The van der Waals surface area contributed by atoms with Crippen LogP contribution in [0, 0.1) is 0 Å². The van der Waals surface area contributed by atoms with Gasteiger partial charge in [-0.2, -0.15) is 11.8 Å². The summed E-state index contributed by atoms with van der Waals surface area (Å²) >= 11 is 1.97. The molecule has 0 spiro atoms. The van der Waals surface area contributed by atoms with Gasteiger partial charge in [-0.3, -0.25) is 0 Å². The minimum atomic E-state index is 0.469. The molecule has 0 radical (unpaired) electrons. The second kappa shape index (κ2) is 5.39. The number of hydrogen-bond acceptors (Lipinski definition) is 5.